The van der Waals surface area contributed by atoms with E-state index in [1.807, 2.05) is 0 Å². The molecule has 0 aliphatic heterocycles. The molecular formula is C7H9N3O. The van der Waals surface area contributed by atoms with E-state index in [-0.39, 0.29) is 11.5 Å². The van der Waals surface area contributed by atoms with Gasteiger partial charge in [0.25, 0.3) is 0 Å². The third-order valence-electron chi connectivity index (χ3n) is 2.66. The SMILES string of the molecule is [N-]=[N+]=NC1C=CC(O)C12CC2. The third kappa shape index (κ3) is 0.768. The predicted molar refractivity (Wildman–Crippen MR) is 39.7 cm³/mol. The Balaban J connectivity index is 2.24. The van der Waals surface area contributed by atoms with E-state index in [4.69, 9.17) is 5.53 Å². The smallest absolute Gasteiger partial charge is 0.0784 e. The molecule has 58 valence electrons. The van der Waals surface area contributed by atoms with Crippen LogP contribution in [0.4, 0.5) is 0 Å². The van der Waals surface area contributed by atoms with Gasteiger partial charge in [-0.2, -0.15) is 0 Å². The fourth-order valence-electron chi connectivity index (χ4n) is 1.71. The maximum atomic E-state index is 9.45. The van der Waals surface area contributed by atoms with E-state index in [0.717, 1.165) is 12.8 Å². The summed E-state index contributed by atoms with van der Waals surface area (Å²) >= 11 is 0. The largest absolute Gasteiger partial charge is 0.388 e. The molecule has 0 aromatic rings. The van der Waals surface area contributed by atoms with Crippen LogP contribution in [-0.2, 0) is 0 Å². The molecule has 2 atom stereocenters. The quantitative estimate of drug-likeness (QED) is 0.261. The molecule has 1 saturated carbocycles. The lowest BCUT2D eigenvalue weighted by atomic mass is 9.98. The van der Waals surface area contributed by atoms with Crippen LogP contribution in [-0.4, -0.2) is 17.3 Å². The Morgan fingerprint density at radius 1 is 1.55 bits per heavy atom. The van der Waals surface area contributed by atoms with Crippen molar-refractivity contribution in [3.63, 3.8) is 0 Å². The lowest BCUT2D eigenvalue weighted by molar-refractivity contribution is 0.142. The van der Waals surface area contributed by atoms with Gasteiger partial charge < -0.3 is 5.11 Å². The Bertz CT molecular complexity index is 250. The van der Waals surface area contributed by atoms with Gasteiger partial charge in [-0.25, -0.2) is 0 Å². The van der Waals surface area contributed by atoms with Crippen molar-refractivity contribution in [1.82, 2.24) is 0 Å². The van der Waals surface area contributed by atoms with Crippen LogP contribution in [0.2, 0.25) is 0 Å². The van der Waals surface area contributed by atoms with Crippen LogP contribution in [0.25, 0.3) is 10.4 Å². The Morgan fingerprint density at radius 3 is 2.82 bits per heavy atom. The molecule has 0 heterocycles. The highest BCUT2D eigenvalue weighted by Crippen LogP contribution is 2.56. The summed E-state index contributed by atoms with van der Waals surface area (Å²) < 4.78 is 0. The van der Waals surface area contributed by atoms with E-state index in [9.17, 15) is 5.11 Å². The third-order valence-corrected chi connectivity index (χ3v) is 2.66. The van der Waals surface area contributed by atoms with Crippen LogP contribution in [0, 0.1) is 5.41 Å². The van der Waals surface area contributed by atoms with Crippen molar-refractivity contribution < 1.29 is 5.11 Å². The first-order valence-electron chi connectivity index (χ1n) is 3.70. The fourth-order valence-corrected chi connectivity index (χ4v) is 1.71. The van der Waals surface area contributed by atoms with Crippen molar-refractivity contribution in [1.29, 1.82) is 0 Å². The van der Waals surface area contributed by atoms with Crippen molar-refractivity contribution in [2.75, 3.05) is 0 Å². The zero-order valence-electron chi connectivity index (χ0n) is 6.01. The van der Waals surface area contributed by atoms with Gasteiger partial charge in [0.05, 0.1) is 12.1 Å². The first-order chi connectivity index (χ1) is 5.29. The van der Waals surface area contributed by atoms with E-state index in [0.29, 0.717) is 0 Å². The van der Waals surface area contributed by atoms with Crippen LogP contribution in [0.3, 0.4) is 0 Å². The molecule has 0 bridgehead atoms. The van der Waals surface area contributed by atoms with E-state index in [2.05, 4.69) is 10.0 Å². The van der Waals surface area contributed by atoms with Crippen molar-refractivity contribution >= 4 is 0 Å². The summed E-state index contributed by atoms with van der Waals surface area (Å²) in [6, 6.07) is -0.109. The Kier molecular flexibility index (Phi) is 1.22. The molecule has 0 aromatic carbocycles. The first kappa shape index (κ1) is 6.70. The maximum absolute atomic E-state index is 9.45. The summed E-state index contributed by atoms with van der Waals surface area (Å²) in [7, 11) is 0. The van der Waals surface area contributed by atoms with Gasteiger partial charge in [0.2, 0.25) is 0 Å². The number of azide groups is 1. The Hall–Kier alpha value is -0.990. The number of aliphatic hydroxyl groups excluding tert-OH is 1. The Labute approximate surface area is 64.2 Å². The molecule has 2 aliphatic carbocycles. The van der Waals surface area contributed by atoms with Crippen molar-refractivity contribution in [3.8, 4) is 0 Å². The van der Waals surface area contributed by atoms with Crippen LogP contribution >= 0.6 is 0 Å². The zero-order chi connectivity index (χ0) is 7.90. The van der Waals surface area contributed by atoms with Gasteiger partial charge in [-0.05, 0) is 18.4 Å². The summed E-state index contributed by atoms with van der Waals surface area (Å²) in [5.41, 5.74) is 8.11. The normalized spacial score (nSPS) is 37.2. The van der Waals surface area contributed by atoms with E-state index in [1.54, 1.807) is 12.2 Å². The summed E-state index contributed by atoms with van der Waals surface area (Å²) in [6.07, 6.45) is 5.09. The highest BCUT2D eigenvalue weighted by atomic mass is 16.3. The molecule has 2 rings (SSSR count). The molecule has 2 unspecified atom stereocenters. The van der Waals surface area contributed by atoms with E-state index >= 15 is 0 Å². The number of hydrogen-bond acceptors (Lipinski definition) is 2. The molecule has 1 N–H and O–H groups in total. The second kappa shape index (κ2) is 2.00. The highest BCUT2D eigenvalue weighted by Gasteiger charge is 2.55. The van der Waals surface area contributed by atoms with Gasteiger partial charge in [0, 0.05) is 10.3 Å². The minimum Gasteiger partial charge on any atom is -0.388 e. The summed E-state index contributed by atoms with van der Waals surface area (Å²) in [5, 5.41) is 13.1. The topological polar surface area (TPSA) is 69.0 Å². The van der Waals surface area contributed by atoms with Crippen molar-refractivity contribution in [3.05, 3.63) is 22.6 Å². The van der Waals surface area contributed by atoms with Gasteiger partial charge in [-0.15, -0.1) is 0 Å². The van der Waals surface area contributed by atoms with Crippen LogP contribution < -0.4 is 0 Å². The zero-order valence-corrected chi connectivity index (χ0v) is 6.01. The maximum Gasteiger partial charge on any atom is 0.0784 e. The van der Waals surface area contributed by atoms with Gasteiger partial charge in [-0.3, -0.25) is 0 Å². The van der Waals surface area contributed by atoms with E-state index < -0.39 is 6.10 Å². The standard InChI is InChI=1S/C7H9N3O/c8-10-9-5-1-2-6(11)7(5)3-4-7/h1-2,5-6,11H,3-4H2. The molecular weight excluding hydrogens is 142 g/mol. The summed E-state index contributed by atoms with van der Waals surface area (Å²) in [4.78, 5) is 2.75. The summed E-state index contributed by atoms with van der Waals surface area (Å²) in [6.45, 7) is 0. The first-order valence-corrected chi connectivity index (χ1v) is 3.70. The molecule has 1 fully saturated rings. The molecule has 0 radical (unpaired) electrons. The monoisotopic (exact) mass is 151 g/mol. The average Bonchev–Trinajstić information content (AvgIpc) is 2.72. The number of nitrogens with zero attached hydrogens (tertiary/aromatic N) is 3. The second-order valence-corrected chi connectivity index (χ2v) is 3.21. The predicted octanol–water partition coefficient (Wildman–Crippen LogP) is 1.38. The molecule has 0 amide bonds. The molecule has 0 aromatic heterocycles. The number of hydrogen-bond donors (Lipinski definition) is 1. The van der Waals surface area contributed by atoms with Crippen LogP contribution in [0.5, 0.6) is 0 Å². The fraction of sp³-hybridized carbons (Fsp3) is 0.714. The van der Waals surface area contributed by atoms with Gasteiger partial charge >= 0.3 is 0 Å². The van der Waals surface area contributed by atoms with E-state index in [1.165, 1.54) is 0 Å². The lowest BCUT2D eigenvalue weighted by Gasteiger charge is -2.16. The van der Waals surface area contributed by atoms with Crippen molar-refractivity contribution in [2.45, 2.75) is 25.0 Å². The minimum absolute atomic E-state index is 0.105. The van der Waals surface area contributed by atoms with Gasteiger partial charge in [0.15, 0.2) is 0 Å². The lowest BCUT2D eigenvalue weighted by Crippen LogP contribution is -2.23. The number of aliphatic hydroxyl groups is 1. The molecule has 4 nitrogen and oxygen atoms in total. The number of rotatable bonds is 1. The van der Waals surface area contributed by atoms with Crippen LogP contribution in [0.15, 0.2) is 17.3 Å². The van der Waals surface area contributed by atoms with Gasteiger partial charge in [-0.1, -0.05) is 17.3 Å². The highest BCUT2D eigenvalue weighted by molar-refractivity contribution is 5.24. The molecule has 4 heteroatoms. The molecule has 0 saturated heterocycles. The average molecular weight is 151 g/mol. The Morgan fingerprint density at radius 2 is 2.27 bits per heavy atom. The molecule has 1 spiro atoms. The summed E-state index contributed by atoms with van der Waals surface area (Å²) in [5.74, 6) is 0. The molecule has 11 heavy (non-hydrogen) atoms. The second-order valence-electron chi connectivity index (χ2n) is 3.21. The minimum atomic E-state index is -0.391. The van der Waals surface area contributed by atoms with Gasteiger partial charge in [0.1, 0.15) is 0 Å². The van der Waals surface area contributed by atoms with Crippen LogP contribution in [0.1, 0.15) is 12.8 Å². The van der Waals surface area contributed by atoms with Crippen molar-refractivity contribution in [2.24, 2.45) is 10.5 Å². The molecule has 2 aliphatic rings.